The van der Waals surface area contributed by atoms with Crippen molar-refractivity contribution in [3.05, 3.63) is 35.4 Å². The first-order chi connectivity index (χ1) is 5.24. The highest BCUT2D eigenvalue weighted by Crippen LogP contribution is 2.30. The minimum atomic E-state index is 0.485. The van der Waals surface area contributed by atoms with Crippen LogP contribution in [0.15, 0.2) is 24.3 Å². The number of benzene rings is 1. The summed E-state index contributed by atoms with van der Waals surface area (Å²) >= 11 is 4.17. The molecular weight excluding hydrogens is 172 g/mol. The smallest absolute Gasteiger partial charge is 0.0370 e. The largest absolute Gasteiger partial charge is 0.111 e. The molecule has 0 saturated heterocycles. The summed E-state index contributed by atoms with van der Waals surface area (Å²) in [6.07, 6.45) is 0. The third kappa shape index (κ3) is 2.46. The van der Waals surface area contributed by atoms with Gasteiger partial charge in [-0.05, 0) is 19.4 Å². The van der Waals surface area contributed by atoms with Crippen LogP contribution in [0.2, 0.25) is 0 Å². The molecule has 0 radical (unpaired) electrons. The maximum absolute atomic E-state index is 4.17. The molecule has 1 atom stereocenters. The zero-order chi connectivity index (χ0) is 8.27. The van der Waals surface area contributed by atoms with Crippen molar-refractivity contribution in [3.8, 4) is 0 Å². The topological polar surface area (TPSA) is 0 Å². The lowest BCUT2D eigenvalue weighted by Crippen LogP contribution is -1.84. The van der Waals surface area contributed by atoms with Crippen LogP contribution in [-0.2, 0) is 0 Å². The molecule has 0 nitrogen and oxygen atoms in total. The van der Waals surface area contributed by atoms with Crippen LogP contribution in [0.5, 0.6) is 0 Å². The Bertz CT molecular complexity index is 216. The molecule has 2 heteroatoms. The van der Waals surface area contributed by atoms with Crippen LogP contribution in [0, 0.1) is 6.92 Å². The van der Waals surface area contributed by atoms with Crippen LogP contribution in [0.25, 0.3) is 0 Å². The normalized spacial score (nSPS) is 13.0. The third-order valence-corrected chi connectivity index (χ3v) is 3.24. The van der Waals surface area contributed by atoms with Crippen molar-refractivity contribution in [2.75, 3.05) is 0 Å². The van der Waals surface area contributed by atoms with E-state index in [1.807, 2.05) is 0 Å². The third-order valence-electron chi connectivity index (χ3n) is 1.70. The van der Waals surface area contributed by atoms with Gasteiger partial charge in [-0.2, -0.15) is 0 Å². The quantitative estimate of drug-likeness (QED) is 0.541. The SMILES string of the molecule is Cc1ccc(C(C)SS)cc1. The van der Waals surface area contributed by atoms with E-state index in [-0.39, 0.29) is 0 Å². The van der Waals surface area contributed by atoms with E-state index in [1.54, 1.807) is 10.8 Å². The Hall–Kier alpha value is -0.0800. The zero-order valence-electron chi connectivity index (χ0n) is 6.74. The second-order valence-electron chi connectivity index (χ2n) is 2.66. The molecule has 1 unspecified atom stereocenters. The molecule has 11 heavy (non-hydrogen) atoms. The van der Waals surface area contributed by atoms with Crippen molar-refractivity contribution in [3.63, 3.8) is 0 Å². The lowest BCUT2D eigenvalue weighted by molar-refractivity contribution is 1.11. The number of hydrogen-bond donors (Lipinski definition) is 1. The molecule has 0 aliphatic rings. The van der Waals surface area contributed by atoms with E-state index in [9.17, 15) is 0 Å². The molecule has 0 heterocycles. The second-order valence-corrected chi connectivity index (χ2v) is 4.21. The first-order valence-corrected chi connectivity index (χ1v) is 5.54. The van der Waals surface area contributed by atoms with Gasteiger partial charge in [0.15, 0.2) is 0 Å². The molecule has 0 fully saturated rings. The van der Waals surface area contributed by atoms with Crippen LogP contribution in [0.3, 0.4) is 0 Å². The van der Waals surface area contributed by atoms with E-state index in [4.69, 9.17) is 0 Å². The fourth-order valence-corrected chi connectivity index (χ4v) is 1.54. The molecule has 0 aromatic heterocycles. The molecule has 60 valence electrons. The standard InChI is InChI=1S/C9H12S2/c1-7-3-5-9(6-4-7)8(2)11-10/h3-6,8,10H,1-2H3. The van der Waals surface area contributed by atoms with Gasteiger partial charge in [0.1, 0.15) is 0 Å². The van der Waals surface area contributed by atoms with Gasteiger partial charge in [0.05, 0.1) is 0 Å². The molecule has 0 N–H and O–H groups in total. The fraction of sp³-hybridized carbons (Fsp3) is 0.333. The van der Waals surface area contributed by atoms with Crippen LogP contribution >= 0.6 is 22.5 Å². The van der Waals surface area contributed by atoms with Gasteiger partial charge in [0, 0.05) is 5.25 Å². The Morgan fingerprint density at radius 3 is 2.27 bits per heavy atom. The molecule has 0 saturated carbocycles. The molecule has 0 aliphatic heterocycles. The van der Waals surface area contributed by atoms with Gasteiger partial charge in [-0.1, -0.05) is 40.6 Å². The highest BCUT2D eigenvalue weighted by atomic mass is 33.1. The monoisotopic (exact) mass is 184 g/mol. The van der Waals surface area contributed by atoms with Gasteiger partial charge in [0.25, 0.3) is 0 Å². The van der Waals surface area contributed by atoms with Crippen molar-refractivity contribution >= 4 is 22.5 Å². The average Bonchev–Trinajstić information content (AvgIpc) is 2.05. The number of hydrogen-bond acceptors (Lipinski definition) is 2. The van der Waals surface area contributed by atoms with Gasteiger partial charge in [-0.3, -0.25) is 0 Å². The van der Waals surface area contributed by atoms with Crippen molar-refractivity contribution in [1.29, 1.82) is 0 Å². The Kier molecular flexibility index (Phi) is 3.34. The number of thiol groups is 1. The minimum absolute atomic E-state index is 0.485. The van der Waals surface area contributed by atoms with E-state index in [1.165, 1.54) is 11.1 Å². The summed E-state index contributed by atoms with van der Waals surface area (Å²) in [5.41, 5.74) is 2.65. The van der Waals surface area contributed by atoms with Crippen LogP contribution in [0.4, 0.5) is 0 Å². The van der Waals surface area contributed by atoms with Gasteiger partial charge >= 0.3 is 0 Å². The lowest BCUT2D eigenvalue weighted by atomic mass is 10.1. The van der Waals surface area contributed by atoms with Crippen molar-refractivity contribution in [2.24, 2.45) is 0 Å². The van der Waals surface area contributed by atoms with Crippen LogP contribution < -0.4 is 0 Å². The van der Waals surface area contributed by atoms with E-state index in [0.29, 0.717) is 5.25 Å². The summed E-state index contributed by atoms with van der Waals surface area (Å²) in [4.78, 5) is 0. The first kappa shape index (κ1) is 9.01. The predicted octanol–water partition coefficient (Wildman–Crippen LogP) is 3.63. The summed E-state index contributed by atoms with van der Waals surface area (Å²) in [6, 6.07) is 8.58. The molecule has 1 aromatic carbocycles. The predicted molar refractivity (Wildman–Crippen MR) is 56.2 cm³/mol. The van der Waals surface area contributed by atoms with Gasteiger partial charge < -0.3 is 0 Å². The first-order valence-electron chi connectivity index (χ1n) is 3.61. The minimum Gasteiger partial charge on any atom is -0.111 e. The van der Waals surface area contributed by atoms with E-state index in [2.05, 4.69) is 49.8 Å². The van der Waals surface area contributed by atoms with Gasteiger partial charge in [-0.15, -0.1) is 11.7 Å². The Balaban J connectivity index is 2.81. The molecule has 0 spiro atoms. The Morgan fingerprint density at radius 1 is 1.27 bits per heavy atom. The maximum Gasteiger partial charge on any atom is 0.0370 e. The van der Waals surface area contributed by atoms with Crippen molar-refractivity contribution in [2.45, 2.75) is 19.1 Å². The second kappa shape index (κ2) is 4.07. The average molecular weight is 184 g/mol. The Labute approximate surface area is 77.2 Å². The van der Waals surface area contributed by atoms with Crippen molar-refractivity contribution in [1.82, 2.24) is 0 Å². The maximum atomic E-state index is 4.17. The lowest BCUT2D eigenvalue weighted by Gasteiger charge is -2.06. The Morgan fingerprint density at radius 2 is 1.82 bits per heavy atom. The van der Waals surface area contributed by atoms with E-state index >= 15 is 0 Å². The zero-order valence-corrected chi connectivity index (χ0v) is 8.45. The molecule has 1 aromatic rings. The summed E-state index contributed by atoms with van der Waals surface area (Å²) in [5, 5.41) is 0.485. The summed E-state index contributed by atoms with van der Waals surface area (Å²) in [7, 11) is 1.58. The number of rotatable bonds is 2. The summed E-state index contributed by atoms with van der Waals surface area (Å²) in [5.74, 6) is 0. The molecule has 1 rings (SSSR count). The highest BCUT2D eigenvalue weighted by molar-refractivity contribution is 8.68. The molecular formula is C9H12S2. The molecule has 0 bridgehead atoms. The summed E-state index contributed by atoms with van der Waals surface area (Å²) in [6.45, 7) is 4.25. The summed E-state index contributed by atoms with van der Waals surface area (Å²) < 4.78 is 0. The van der Waals surface area contributed by atoms with Crippen LogP contribution in [0.1, 0.15) is 23.3 Å². The number of aryl methyl sites for hydroxylation is 1. The van der Waals surface area contributed by atoms with Gasteiger partial charge in [0.2, 0.25) is 0 Å². The van der Waals surface area contributed by atoms with E-state index in [0.717, 1.165) is 0 Å². The van der Waals surface area contributed by atoms with Crippen LogP contribution in [-0.4, -0.2) is 0 Å². The molecule has 0 aliphatic carbocycles. The van der Waals surface area contributed by atoms with Crippen molar-refractivity contribution < 1.29 is 0 Å². The fourth-order valence-electron chi connectivity index (χ4n) is 0.898. The molecule has 0 amide bonds. The van der Waals surface area contributed by atoms with Gasteiger partial charge in [-0.25, -0.2) is 0 Å². The highest BCUT2D eigenvalue weighted by Gasteiger charge is 2.01. The van der Waals surface area contributed by atoms with E-state index < -0.39 is 0 Å².